The number of nitrogens with two attached hydrogens (primary N) is 1. The molecule has 2 aromatic rings. The summed E-state index contributed by atoms with van der Waals surface area (Å²) in [6.45, 7) is 7.24. The number of hydrogen-bond acceptors (Lipinski definition) is 5. The highest BCUT2D eigenvalue weighted by molar-refractivity contribution is 5.63. The molecule has 0 radical (unpaired) electrons. The summed E-state index contributed by atoms with van der Waals surface area (Å²) in [5.74, 6) is 5.94. The molecule has 0 aliphatic carbocycles. The summed E-state index contributed by atoms with van der Waals surface area (Å²) in [5.41, 5.74) is 5.68. The largest absolute Gasteiger partial charge is 0.420 e. The second-order valence-corrected chi connectivity index (χ2v) is 9.59. The molecular weight excluding hydrogens is 455 g/mol. The van der Waals surface area contributed by atoms with Gasteiger partial charge in [-0.1, -0.05) is 25.7 Å². The van der Waals surface area contributed by atoms with Crippen molar-refractivity contribution < 1.29 is 17.9 Å². The molecule has 4 rings (SSSR count). The Balaban J connectivity index is 1.96. The van der Waals surface area contributed by atoms with E-state index in [4.69, 9.17) is 10.5 Å². The lowest BCUT2D eigenvalue weighted by Gasteiger charge is -2.41. The van der Waals surface area contributed by atoms with Crippen LogP contribution in [0.1, 0.15) is 54.6 Å². The second-order valence-electron chi connectivity index (χ2n) is 9.59. The highest BCUT2D eigenvalue weighted by Crippen LogP contribution is 2.53. The molecule has 1 aromatic heterocycles. The molecular formula is C26H28F3N5O. The maximum absolute atomic E-state index is 14.1. The van der Waals surface area contributed by atoms with Gasteiger partial charge in [0.2, 0.25) is 11.8 Å². The smallest absolute Gasteiger partial charge is 0.416 e. The molecule has 3 N–H and O–H groups in total. The lowest BCUT2D eigenvalue weighted by atomic mass is 9.61. The van der Waals surface area contributed by atoms with Gasteiger partial charge in [0.05, 0.1) is 16.5 Å². The summed E-state index contributed by atoms with van der Waals surface area (Å²) in [5, 5.41) is 17.1. The van der Waals surface area contributed by atoms with Crippen molar-refractivity contribution in [3.8, 4) is 23.8 Å². The standard InChI is InChI=1S/C26H28F3N5O/c1-15(2)25(21(14-30)23(31)35-24-22(25)16(3)32-33-24)19-11-18(12-20(13-19)26(27,28)29)6-5-17-7-9-34(4)10-8-17/h11-13,15,17H,7-10,31H2,1-4H3,(H,32,33). The van der Waals surface area contributed by atoms with Gasteiger partial charge in [0.15, 0.2) is 0 Å². The monoisotopic (exact) mass is 483 g/mol. The zero-order valence-corrected chi connectivity index (χ0v) is 20.2. The van der Waals surface area contributed by atoms with Crippen LogP contribution >= 0.6 is 0 Å². The van der Waals surface area contributed by atoms with E-state index >= 15 is 0 Å². The first-order chi connectivity index (χ1) is 16.5. The number of nitrogens with one attached hydrogen (secondary N) is 1. The Morgan fingerprint density at radius 2 is 1.94 bits per heavy atom. The van der Waals surface area contributed by atoms with Crippen molar-refractivity contribution in [2.75, 3.05) is 20.1 Å². The normalized spacial score (nSPS) is 21.2. The van der Waals surface area contributed by atoms with Crippen LogP contribution in [0.4, 0.5) is 13.2 Å². The van der Waals surface area contributed by atoms with Crippen molar-refractivity contribution in [2.24, 2.45) is 17.6 Å². The molecule has 35 heavy (non-hydrogen) atoms. The lowest BCUT2D eigenvalue weighted by Crippen LogP contribution is -2.41. The molecule has 1 unspecified atom stereocenters. The molecule has 3 heterocycles. The number of H-pyrrole nitrogens is 1. The molecule has 9 heteroatoms. The fourth-order valence-corrected chi connectivity index (χ4v) is 5.19. The fraction of sp³-hybridized carbons (Fsp3) is 0.462. The number of piperidine rings is 1. The van der Waals surface area contributed by atoms with E-state index in [-0.39, 0.29) is 40.3 Å². The molecule has 6 nitrogen and oxygen atoms in total. The first-order valence-corrected chi connectivity index (χ1v) is 11.5. The molecule has 1 fully saturated rings. The maximum atomic E-state index is 14.1. The third-order valence-electron chi connectivity index (χ3n) is 6.99. The Kier molecular flexibility index (Phi) is 6.33. The van der Waals surface area contributed by atoms with Gasteiger partial charge in [0, 0.05) is 17.2 Å². The van der Waals surface area contributed by atoms with Crippen LogP contribution in [0.3, 0.4) is 0 Å². The van der Waals surface area contributed by atoms with E-state index in [2.05, 4.69) is 33.0 Å². The number of aromatic nitrogens is 2. The average molecular weight is 484 g/mol. The van der Waals surface area contributed by atoms with Crippen LogP contribution in [0.15, 0.2) is 29.7 Å². The van der Waals surface area contributed by atoms with Gasteiger partial charge in [-0.15, -0.1) is 5.10 Å². The first-order valence-electron chi connectivity index (χ1n) is 11.5. The van der Waals surface area contributed by atoms with Gasteiger partial charge in [0.25, 0.3) is 0 Å². The van der Waals surface area contributed by atoms with Gasteiger partial charge < -0.3 is 15.4 Å². The highest BCUT2D eigenvalue weighted by Gasteiger charge is 2.51. The van der Waals surface area contributed by atoms with Crippen molar-refractivity contribution >= 4 is 0 Å². The summed E-state index contributed by atoms with van der Waals surface area (Å²) < 4.78 is 47.7. The van der Waals surface area contributed by atoms with Gasteiger partial charge in [-0.05, 0) is 69.6 Å². The number of rotatable bonds is 2. The summed E-state index contributed by atoms with van der Waals surface area (Å²) in [6, 6.07) is 5.92. The van der Waals surface area contributed by atoms with Gasteiger partial charge in [0.1, 0.15) is 11.6 Å². The summed E-state index contributed by atoms with van der Waals surface area (Å²) in [4.78, 5) is 2.21. The number of ether oxygens (including phenoxy) is 1. The molecule has 0 bridgehead atoms. The number of fused-ring (bicyclic) bond motifs is 1. The van der Waals surface area contributed by atoms with Crippen LogP contribution in [0.25, 0.3) is 0 Å². The van der Waals surface area contributed by atoms with Crippen LogP contribution < -0.4 is 10.5 Å². The minimum Gasteiger partial charge on any atom is -0.420 e. The third-order valence-corrected chi connectivity index (χ3v) is 6.99. The van der Waals surface area contributed by atoms with E-state index in [0.29, 0.717) is 11.3 Å². The van der Waals surface area contributed by atoms with Crippen LogP contribution in [0.2, 0.25) is 0 Å². The SMILES string of the molecule is Cc1[nH]nc2c1C(c1cc(C#CC3CCN(C)CC3)cc(C(F)(F)F)c1)(C(C)C)C(C#N)=C(N)O2. The Bertz CT molecular complexity index is 1270. The molecule has 1 aromatic carbocycles. The quantitative estimate of drug-likeness (QED) is 0.616. The number of aromatic amines is 1. The number of halogens is 3. The predicted octanol–water partition coefficient (Wildman–Crippen LogP) is 4.46. The zero-order valence-electron chi connectivity index (χ0n) is 20.2. The maximum Gasteiger partial charge on any atom is 0.416 e. The molecule has 2 aliphatic rings. The topological polar surface area (TPSA) is 91.0 Å². The summed E-state index contributed by atoms with van der Waals surface area (Å²) in [6.07, 6.45) is -2.85. The van der Waals surface area contributed by atoms with Gasteiger partial charge in [-0.2, -0.15) is 18.4 Å². The van der Waals surface area contributed by atoms with Crippen LogP contribution in [0, 0.1) is 41.9 Å². The Morgan fingerprint density at radius 1 is 1.26 bits per heavy atom. The molecule has 184 valence electrons. The van der Waals surface area contributed by atoms with Crippen molar-refractivity contribution in [3.05, 3.63) is 57.6 Å². The summed E-state index contributed by atoms with van der Waals surface area (Å²) >= 11 is 0. The second kappa shape index (κ2) is 8.98. The molecule has 2 aliphatic heterocycles. The van der Waals surface area contributed by atoms with E-state index in [9.17, 15) is 18.4 Å². The molecule has 0 spiro atoms. The van der Waals surface area contributed by atoms with E-state index in [1.165, 1.54) is 0 Å². The number of benzene rings is 1. The van der Waals surface area contributed by atoms with Crippen molar-refractivity contribution in [2.45, 2.75) is 45.2 Å². The first kappa shape index (κ1) is 24.7. The molecule has 1 saturated heterocycles. The highest BCUT2D eigenvalue weighted by atomic mass is 19.4. The molecule has 1 atom stereocenters. The fourth-order valence-electron chi connectivity index (χ4n) is 5.19. The molecule has 0 amide bonds. The number of alkyl halides is 3. The van der Waals surface area contributed by atoms with Crippen molar-refractivity contribution in [3.63, 3.8) is 0 Å². The van der Waals surface area contributed by atoms with Crippen molar-refractivity contribution in [1.29, 1.82) is 5.26 Å². The van der Waals surface area contributed by atoms with E-state index in [0.717, 1.165) is 38.1 Å². The van der Waals surface area contributed by atoms with Gasteiger partial charge in [-0.3, -0.25) is 5.10 Å². The zero-order chi connectivity index (χ0) is 25.5. The number of hydrogen-bond donors (Lipinski definition) is 2. The Morgan fingerprint density at radius 3 is 2.54 bits per heavy atom. The van der Waals surface area contributed by atoms with Crippen molar-refractivity contribution in [1.82, 2.24) is 15.1 Å². The molecule has 0 saturated carbocycles. The number of likely N-dealkylation sites (tertiary alicyclic amines) is 1. The number of allylic oxidation sites excluding steroid dienone is 1. The lowest BCUT2D eigenvalue weighted by molar-refractivity contribution is -0.137. The van der Waals surface area contributed by atoms with Crippen LogP contribution in [-0.2, 0) is 11.6 Å². The van der Waals surface area contributed by atoms with E-state index < -0.39 is 17.2 Å². The van der Waals surface area contributed by atoms with E-state index in [1.807, 2.05) is 20.9 Å². The van der Waals surface area contributed by atoms with E-state index in [1.54, 1.807) is 13.0 Å². The van der Waals surface area contributed by atoms with Gasteiger partial charge >= 0.3 is 6.18 Å². The van der Waals surface area contributed by atoms with Crippen LogP contribution in [-0.4, -0.2) is 35.2 Å². The number of nitriles is 1. The van der Waals surface area contributed by atoms with Crippen LogP contribution in [0.5, 0.6) is 5.88 Å². The minimum absolute atomic E-state index is 0.0538. The predicted molar refractivity (Wildman–Crippen MR) is 125 cm³/mol. The Hall–Kier alpha value is -3.43. The number of nitrogens with zero attached hydrogens (tertiary/aromatic N) is 3. The number of aryl methyl sites for hydroxylation is 1. The Labute approximate surface area is 202 Å². The third kappa shape index (κ3) is 4.26. The minimum atomic E-state index is -4.60. The average Bonchev–Trinajstić information content (AvgIpc) is 3.17. The summed E-state index contributed by atoms with van der Waals surface area (Å²) in [7, 11) is 2.04. The van der Waals surface area contributed by atoms with Gasteiger partial charge in [-0.25, -0.2) is 0 Å².